The first-order valence-corrected chi connectivity index (χ1v) is 9.86. The van der Waals surface area contributed by atoms with Crippen molar-refractivity contribution in [2.24, 2.45) is 17.8 Å². The van der Waals surface area contributed by atoms with Gasteiger partial charge in [-0.3, -0.25) is 19.2 Å². The Hall–Kier alpha value is -2.70. The Kier molecular flexibility index (Phi) is 6.44. The van der Waals surface area contributed by atoms with Crippen LogP contribution in [0, 0.1) is 17.8 Å². The molecule has 2 amide bonds. The molecule has 2 N–H and O–H groups in total. The molecule has 0 heterocycles. The summed E-state index contributed by atoms with van der Waals surface area (Å²) in [6.07, 6.45) is 3.80. The minimum absolute atomic E-state index is 0.0316. The number of rotatable bonds is 6. The fourth-order valence-corrected chi connectivity index (χ4v) is 4.12. The molecular weight excluding hydrogens is 360 g/mol. The van der Waals surface area contributed by atoms with Gasteiger partial charge >= 0.3 is 5.97 Å². The van der Waals surface area contributed by atoms with Crippen LogP contribution < -0.4 is 10.6 Å². The van der Waals surface area contributed by atoms with E-state index in [0.29, 0.717) is 36.4 Å². The van der Waals surface area contributed by atoms with Crippen LogP contribution in [0.2, 0.25) is 0 Å². The van der Waals surface area contributed by atoms with E-state index in [1.807, 2.05) is 6.92 Å². The second-order valence-corrected chi connectivity index (χ2v) is 7.49. The quantitative estimate of drug-likeness (QED) is 0.731. The number of nitrogens with one attached hydrogen (secondary N) is 2. The predicted molar refractivity (Wildman–Crippen MR) is 103 cm³/mol. The maximum absolute atomic E-state index is 12.3. The molecule has 1 aromatic carbocycles. The summed E-state index contributed by atoms with van der Waals surface area (Å²) in [7, 11) is 0. The van der Waals surface area contributed by atoms with Gasteiger partial charge in [0.1, 0.15) is 5.78 Å². The number of Topliss-reactive ketones (excluding diaryl/α,β-unsaturated/α-hetero) is 1. The van der Waals surface area contributed by atoms with Crippen molar-refractivity contribution >= 4 is 29.3 Å². The van der Waals surface area contributed by atoms with Gasteiger partial charge in [-0.1, -0.05) is 12.5 Å². The SMILES string of the molecule is CCNC(=O)c1cccc(NC(=O)COC(=O)C2C[C@H]3CCC[C@H](C2)C3=O)c1. The summed E-state index contributed by atoms with van der Waals surface area (Å²) in [5, 5.41) is 5.33. The molecule has 0 unspecified atom stereocenters. The molecule has 0 spiro atoms. The molecule has 28 heavy (non-hydrogen) atoms. The van der Waals surface area contributed by atoms with Crippen molar-refractivity contribution in [1.82, 2.24) is 5.32 Å². The van der Waals surface area contributed by atoms with E-state index >= 15 is 0 Å². The van der Waals surface area contributed by atoms with Crippen LogP contribution in [0.4, 0.5) is 5.69 Å². The third-order valence-corrected chi connectivity index (χ3v) is 5.47. The van der Waals surface area contributed by atoms with Crippen LogP contribution in [0.1, 0.15) is 49.4 Å². The second kappa shape index (κ2) is 8.99. The highest BCUT2D eigenvalue weighted by atomic mass is 16.5. The highest BCUT2D eigenvalue weighted by Gasteiger charge is 2.41. The van der Waals surface area contributed by atoms with Crippen molar-refractivity contribution in [3.8, 4) is 0 Å². The molecule has 0 aromatic heterocycles. The van der Waals surface area contributed by atoms with Gasteiger partial charge in [-0.2, -0.15) is 0 Å². The number of carbonyl (C=O) groups excluding carboxylic acids is 4. The van der Waals surface area contributed by atoms with E-state index in [2.05, 4.69) is 10.6 Å². The van der Waals surface area contributed by atoms with E-state index in [9.17, 15) is 19.2 Å². The van der Waals surface area contributed by atoms with Gasteiger partial charge in [0.25, 0.3) is 11.8 Å². The summed E-state index contributed by atoms with van der Waals surface area (Å²) < 4.78 is 5.19. The van der Waals surface area contributed by atoms with Gasteiger partial charge in [0.2, 0.25) is 0 Å². The number of ether oxygens (including phenoxy) is 1. The summed E-state index contributed by atoms with van der Waals surface area (Å²) in [6.45, 7) is 1.96. The number of anilines is 1. The van der Waals surface area contributed by atoms with Crippen molar-refractivity contribution in [2.45, 2.75) is 39.0 Å². The predicted octanol–water partition coefficient (Wildman–Crippen LogP) is 2.31. The Balaban J connectivity index is 1.49. The molecule has 7 nitrogen and oxygen atoms in total. The average molecular weight is 386 g/mol. The van der Waals surface area contributed by atoms with Gasteiger partial charge in [-0.05, 0) is 50.8 Å². The van der Waals surface area contributed by atoms with E-state index in [1.165, 1.54) is 0 Å². The Morgan fingerprint density at radius 3 is 2.54 bits per heavy atom. The normalized spacial score (nSPS) is 23.6. The van der Waals surface area contributed by atoms with Crippen LogP contribution in [-0.2, 0) is 19.1 Å². The Labute approximate surface area is 164 Å². The lowest BCUT2D eigenvalue weighted by atomic mass is 9.67. The Morgan fingerprint density at radius 2 is 1.86 bits per heavy atom. The first-order chi connectivity index (χ1) is 13.5. The third-order valence-electron chi connectivity index (χ3n) is 5.47. The maximum atomic E-state index is 12.3. The van der Waals surface area contributed by atoms with Crippen molar-refractivity contribution < 1.29 is 23.9 Å². The molecule has 150 valence electrons. The smallest absolute Gasteiger partial charge is 0.309 e. The zero-order valence-corrected chi connectivity index (χ0v) is 16.0. The maximum Gasteiger partial charge on any atom is 0.309 e. The van der Waals surface area contributed by atoms with Crippen molar-refractivity contribution in [2.75, 3.05) is 18.5 Å². The molecule has 1 aromatic rings. The fraction of sp³-hybridized carbons (Fsp3) is 0.524. The largest absolute Gasteiger partial charge is 0.455 e. The molecule has 0 saturated heterocycles. The van der Waals surface area contributed by atoms with Crippen LogP contribution in [-0.4, -0.2) is 36.7 Å². The monoisotopic (exact) mass is 386 g/mol. The van der Waals surface area contributed by atoms with E-state index in [4.69, 9.17) is 4.74 Å². The molecule has 2 aliphatic carbocycles. The van der Waals surface area contributed by atoms with Crippen LogP contribution >= 0.6 is 0 Å². The first-order valence-electron chi connectivity index (χ1n) is 9.86. The van der Waals surface area contributed by atoms with Crippen molar-refractivity contribution in [1.29, 1.82) is 0 Å². The lowest BCUT2D eigenvalue weighted by molar-refractivity contribution is -0.155. The number of ketones is 1. The van der Waals surface area contributed by atoms with Crippen LogP contribution in [0.5, 0.6) is 0 Å². The van der Waals surface area contributed by atoms with E-state index in [-0.39, 0.29) is 30.3 Å². The van der Waals surface area contributed by atoms with E-state index in [0.717, 1.165) is 19.3 Å². The van der Waals surface area contributed by atoms with Crippen molar-refractivity contribution in [3.63, 3.8) is 0 Å². The third kappa shape index (κ3) is 4.77. The zero-order valence-electron chi connectivity index (χ0n) is 16.0. The summed E-state index contributed by atoms with van der Waals surface area (Å²) in [6, 6.07) is 6.56. The molecule has 2 atom stereocenters. The van der Waals surface area contributed by atoms with Crippen LogP contribution in [0.25, 0.3) is 0 Å². The van der Waals surface area contributed by atoms with Gasteiger partial charge in [0, 0.05) is 29.6 Å². The minimum atomic E-state index is -0.464. The van der Waals surface area contributed by atoms with Gasteiger partial charge in [-0.15, -0.1) is 0 Å². The topological polar surface area (TPSA) is 102 Å². The molecule has 2 fully saturated rings. The number of amides is 2. The lowest BCUT2D eigenvalue weighted by Crippen LogP contribution is -2.40. The summed E-state index contributed by atoms with van der Waals surface area (Å²) in [4.78, 5) is 48.4. The number of fused-ring (bicyclic) bond motifs is 2. The van der Waals surface area contributed by atoms with Gasteiger partial charge < -0.3 is 15.4 Å². The number of esters is 1. The molecule has 0 aliphatic heterocycles. The Bertz CT molecular complexity index is 760. The second-order valence-electron chi connectivity index (χ2n) is 7.49. The summed E-state index contributed by atoms with van der Waals surface area (Å²) in [5.74, 6) is -1.17. The highest BCUT2D eigenvalue weighted by Crippen LogP contribution is 2.40. The molecular formula is C21H26N2O5. The average Bonchev–Trinajstić information content (AvgIpc) is 2.66. The van der Waals surface area contributed by atoms with Crippen LogP contribution in [0.3, 0.4) is 0 Å². The first kappa shape index (κ1) is 20.0. The van der Waals surface area contributed by atoms with Gasteiger partial charge in [0.15, 0.2) is 6.61 Å². The van der Waals surface area contributed by atoms with Crippen molar-refractivity contribution in [3.05, 3.63) is 29.8 Å². The standard InChI is InChI=1S/C21H26N2O5/c1-2-22-20(26)15-7-4-8-17(11-15)23-18(24)12-28-21(27)16-9-13-5-3-6-14(10-16)19(13)25/h4,7-8,11,13-14,16H,2-3,5-6,9-10,12H2,1H3,(H,22,26)(H,23,24)/t13-,14-/m1/s1. The zero-order chi connectivity index (χ0) is 20.1. The van der Waals surface area contributed by atoms with Gasteiger partial charge in [-0.25, -0.2) is 0 Å². The summed E-state index contributed by atoms with van der Waals surface area (Å²) >= 11 is 0. The molecule has 2 aliphatic rings. The minimum Gasteiger partial charge on any atom is -0.455 e. The summed E-state index contributed by atoms with van der Waals surface area (Å²) in [5.41, 5.74) is 0.901. The molecule has 7 heteroatoms. The number of benzene rings is 1. The number of hydrogen-bond acceptors (Lipinski definition) is 5. The highest BCUT2D eigenvalue weighted by molar-refractivity contribution is 5.97. The molecule has 0 radical (unpaired) electrons. The van der Waals surface area contributed by atoms with E-state index in [1.54, 1.807) is 24.3 Å². The molecule has 2 bridgehead atoms. The van der Waals surface area contributed by atoms with E-state index < -0.39 is 11.9 Å². The number of carbonyl (C=O) groups is 4. The number of hydrogen-bond donors (Lipinski definition) is 2. The lowest BCUT2D eigenvalue weighted by Gasteiger charge is -2.36. The molecule has 2 saturated carbocycles. The fourth-order valence-electron chi connectivity index (χ4n) is 4.12. The Morgan fingerprint density at radius 1 is 1.14 bits per heavy atom. The molecule has 3 rings (SSSR count). The van der Waals surface area contributed by atoms with Crippen LogP contribution in [0.15, 0.2) is 24.3 Å². The van der Waals surface area contributed by atoms with Gasteiger partial charge in [0.05, 0.1) is 5.92 Å².